The van der Waals surface area contributed by atoms with E-state index in [4.69, 9.17) is 0 Å². The van der Waals surface area contributed by atoms with Gasteiger partial charge in [0.2, 0.25) is 0 Å². The Morgan fingerprint density at radius 1 is 1.16 bits per heavy atom. The van der Waals surface area contributed by atoms with E-state index < -0.39 is 0 Å². The summed E-state index contributed by atoms with van der Waals surface area (Å²) in [7, 11) is 3.45. The van der Waals surface area contributed by atoms with Gasteiger partial charge in [0.05, 0.1) is 17.7 Å². The van der Waals surface area contributed by atoms with Crippen molar-refractivity contribution in [3.8, 4) is 0 Å². The number of carbonyl (C=O) groups excluding carboxylic acids is 2. The summed E-state index contributed by atoms with van der Waals surface area (Å²) < 4.78 is 1.67. The molecule has 0 spiro atoms. The molecule has 130 valence electrons. The lowest BCUT2D eigenvalue weighted by Gasteiger charge is -2.16. The van der Waals surface area contributed by atoms with Crippen LogP contribution in [-0.4, -0.2) is 57.6 Å². The smallest absolute Gasteiger partial charge is 0.261 e. The molecule has 2 aromatic rings. The minimum atomic E-state index is -0.260. The van der Waals surface area contributed by atoms with Crippen LogP contribution < -0.4 is 10.6 Å². The maximum Gasteiger partial charge on any atom is 0.261 e. The second-order valence-electron chi connectivity index (χ2n) is 5.46. The first-order valence-corrected chi connectivity index (χ1v) is 7.84. The predicted molar refractivity (Wildman–Crippen MR) is 91.0 cm³/mol. The molecule has 0 aliphatic carbocycles. The molecule has 2 amide bonds. The molecular weight excluding hydrogens is 322 g/mol. The summed E-state index contributed by atoms with van der Waals surface area (Å²) in [5, 5.41) is 10.2. The lowest BCUT2D eigenvalue weighted by Crippen LogP contribution is -2.42. The van der Waals surface area contributed by atoms with Gasteiger partial charge in [-0.2, -0.15) is 5.10 Å². The number of aromatic nitrogens is 3. The Bertz CT molecular complexity index is 792. The van der Waals surface area contributed by atoms with Crippen molar-refractivity contribution in [1.29, 1.82) is 0 Å². The molecule has 1 aliphatic heterocycles. The van der Waals surface area contributed by atoms with E-state index in [0.29, 0.717) is 30.2 Å². The van der Waals surface area contributed by atoms with Gasteiger partial charge in [0.1, 0.15) is 12.2 Å². The Hall–Kier alpha value is -3.23. The third-order valence-electron chi connectivity index (χ3n) is 3.95. The molecule has 3 rings (SSSR count). The SMILES string of the molecule is CN=C(NCCN1C(=O)c2ccccc2C1=O)NCc1ncnn1C. The van der Waals surface area contributed by atoms with Crippen LogP contribution in [0, 0.1) is 0 Å². The first kappa shape index (κ1) is 16.6. The minimum absolute atomic E-state index is 0.260. The first-order valence-electron chi connectivity index (χ1n) is 7.84. The number of nitrogens with one attached hydrogen (secondary N) is 2. The molecule has 2 N–H and O–H groups in total. The summed E-state index contributed by atoms with van der Waals surface area (Å²) in [6.07, 6.45) is 1.48. The molecule has 0 radical (unpaired) electrons. The Kier molecular flexibility index (Phi) is 4.73. The van der Waals surface area contributed by atoms with Crippen molar-refractivity contribution in [2.24, 2.45) is 12.0 Å². The Morgan fingerprint density at radius 2 is 1.84 bits per heavy atom. The monoisotopic (exact) mass is 341 g/mol. The van der Waals surface area contributed by atoms with Crippen LogP contribution in [0.4, 0.5) is 0 Å². The van der Waals surface area contributed by atoms with E-state index in [1.165, 1.54) is 11.2 Å². The van der Waals surface area contributed by atoms with Crippen molar-refractivity contribution in [3.05, 3.63) is 47.5 Å². The third-order valence-corrected chi connectivity index (χ3v) is 3.95. The van der Waals surface area contributed by atoms with Gasteiger partial charge in [0.25, 0.3) is 11.8 Å². The zero-order valence-electron chi connectivity index (χ0n) is 14.1. The lowest BCUT2D eigenvalue weighted by molar-refractivity contribution is 0.0657. The number of carbonyl (C=O) groups is 2. The Morgan fingerprint density at radius 3 is 2.40 bits per heavy atom. The second kappa shape index (κ2) is 7.12. The zero-order chi connectivity index (χ0) is 17.8. The van der Waals surface area contributed by atoms with Crippen molar-refractivity contribution in [3.63, 3.8) is 0 Å². The van der Waals surface area contributed by atoms with Crippen LogP contribution in [0.5, 0.6) is 0 Å². The number of fused-ring (bicyclic) bond motifs is 1. The maximum absolute atomic E-state index is 12.3. The number of rotatable bonds is 5. The van der Waals surface area contributed by atoms with E-state index in [-0.39, 0.29) is 18.4 Å². The van der Waals surface area contributed by atoms with Gasteiger partial charge < -0.3 is 10.6 Å². The van der Waals surface area contributed by atoms with Crippen molar-refractivity contribution >= 4 is 17.8 Å². The number of guanidine groups is 1. The van der Waals surface area contributed by atoms with Crippen LogP contribution in [-0.2, 0) is 13.6 Å². The first-order chi connectivity index (χ1) is 12.1. The van der Waals surface area contributed by atoms with Gasteiger partial charge in [0, 0.05) is 27.2 Å². The van der Waals surface area contributed by atoms with E-state index in [9.17, 15) is 9.59 Å². The Balaban J connectivity index is 1.51. The summed E-state index contributed by atoms with van der Waals surface area (Å²) in [6.45, 7) is 1.12. The van der Waals surface area contributed by atoms with Crippen LogP contribution in [0.25, 0.3) is 0 Å². The Labute approximate surface area is 144 Å². The summed E-state index contributed by atoms with van der Waals surface area (Å²) in [6, 6.07) is 6.85. The molecule has 0 saturated carbocycles. The number of nitrogens with zero attached hydrogens (tertiary/aromatic N) is 5. The van der Waals surface area contributed by atoms with Gasteiger partial charge >= 0.3 is 0 Å². The highest BCUT2D eigenvalue weighted by Crippen LogP contribution is 2.21. The fourth-order valence-electron chi connectivity index (χ4n) is 2.59. The molecule has 0 saturated heterocycles. The number of aliphatic imine (C=N–C) groups is 1. The second-order valence-corrected chi connectivity index (χ2v) is 5.46. The molecule has 9 nitrogen and oxygen atoms in total. The molecule has 0 fully saturated rings. The standard InChI is InChI=1S/C16H19N7O2/c1-17-16(19-9-13-20-10-21-22(13)2)18-7-8-23-14(24)11-5-3-4-6-12(11)15(23)25/h3-6,10H,7-9H2,1-2H3,(H2,17,18,19). The number of benzene rings is 1. The van der Waals surface area contributed by atoms with Crippen LogP contribution >= 0.6 is 0 Å². The zero-order valence-corrected chi connectivity index (χ0v) is 14.1. The quantitative estimate of drug-likeness (QED) is 0.442. The molecule has 25 heavy (non-hydrogen) atoms. The van der Waals surface area contributed by atoms with Crippen LogP contribution in [0.1, 0.15) is 26.5 Å². The van der Waals surface area contributed by atoms with Gasteiger partial charge in [-0.05, 0) is 12.1 Å². The average molecular weight is 341 g/mol. The number of imide groups is 1. The van der Waals surface area contributed by atoms with Gasteiger partial charge in [0.15, 0.2) is 5.96 Å². The molecule has 1 aliphatic rings. The summed E-state index contributed by atoms with van der Waals surface area (Å²) in [5.41, 5.74) is 0.912. The average Bonchev–Trinajstić information content (AvgIpc) is 3.14. The largest absolute Gasteiger partial charge is 0.355 e. The maximum atomic E-state index is 12.3. The molecule has 0 bridgehead atoms. The molecule has 1 aromatic heterocycles. The molecular formula is C16H19N7O2. The van der Waals surface area contributed by atoms with Crippen LogP contribution in [0.15, 0.2) is 35.6 Å². The van der Waals surface area contributed by atoms with Crippen molar-refractivity contribution < 1.29 is 9.59 Å². The number of aryl methyl sites for hydroxylation is 1. The fourth-order valence-corrected chi connectivity index (χ4v) is 2.59. The number of hydrogen-bond acceptors (Lipinski definition) is 5. The lowest BCUT2D eigenvalue weighted by atomic mass is 10.1. The summed E-state index contributed by atoms with van der Waals surface area (Å²) in [5.74, 6) is 0.803. The van der Waals surface area contributed by atoms with Crippen molar-refractivity contribution in [2.75, 3.05) is 20.1 Å². The van der Waals surface area contributed by atoms with E-state index in [2.05, 4.69) is 25.7 Å². The summed E-state index contributed by atoms with van der Waals surface area (Å²) in [4.78, 5) is 34.0. The van der Waals surface area contributed by atoms with Crippen LogP contribution in [0.2, 0.25) is 0 Å². The molecule has 2 heterocycles. The van der Waals surface area contributed by atoms with E-state index in [1.54, 1.807) is 36.0 Å². The van der Waals surface area contributed by atoms with Crippen molar-refractivity contribution in [1.82, 2.24) is 30.3 Å². The highest BCUT2D eigenvalue weighted by molar-refractivity contribution is 6.21. The van der Waals surface area contributed by atoms with Gasteiger partial charge in [-0.1, -0.05) is 12.1 Å². The fraction of sp³-hybridized carbons (Fsp3) is 0.312. The predicted octanol–water partition coefficient (Wildman–Crippen LogP) is -0.224. The molecule has 9 heteroatoms. The summed E-state index contributed by atoms with van der Waals surface area (Å²) >= 11 is 0. The normalized spacial score (nSPS) is 14.0. The van der Waals surface area contributed by atoms with Crippen molar-refractivity contribution in [2.45, 2.75) is 6.54 Å². The third kappa shape index (κ3) is 3.35. The van der Waals surface area contributed by atoms with E-state index in [0.717, 1.165) is 5.82 Å². The molecule has 1 aromatic carbocycles. The molecule has 0 atom stereocenters. The van der Waals surface area contributed by atoms with Gasteiger partial charge in [-0.25, -0.2) is 4.98 Å². The van der Waals surface area contributed by atoms with E-state index >= 15 is 0 Å². The number of amides is 2. The van der Waals surface area contributed by atoms with Gasteiger partial charge in [-0.3, -0.25) is 24.2 Å². The molecule has 0 unspecified atom stereocenters. The van der Waals surface area contributed by atoms with E-state index in [1.807, 2.05) is 7.05 Å². The topological polar surface area (TPSA) is 105 Å². The number of hydrogen-bond donors (Lipinski definition) is 2. The highest BCUT2D eigenvalue weighted by atomic mass is 16.2. The minimum Gasteiger partial charge on any atom is -0.355 e. The van der Waals surface area contributed by atoms with Gasteiger partial charge in [-0.15, -0.1) is 0 Å². The highest BCUT2D eigenvalue weighted by Gasteiger charge is 2.34. The van der Waals surface area contributed by atoms with Crippen LogP contribution in [0.3, 0.4) is 0 Å².